The summed E-state index contributed by atoms with van der Waals surface area (Å²) < 4.78 is 1.77. The van der Waals surface area contributed by atoms with Crippen LogP contribution in [0.4, 0.5) is 0 Å². The SMILES string of the molecule is O=C(NCC(=O)N1CCC(n2ccnn2)C1)c1ccccc1. The molecule has 1 N–H and O–H groups in total. The third-order valence-electron chi connectivity index (χ3n) is 3.77. The molecule has 2 heterocycles. The Morgan fingerprint density at radius 1 is 1.27 bits per heavy atom. The third kappa shape index (κ3) is 3.13. The molecule has 0 aliphatic carbocycles. The van der Waals surface area contributed by atoms with Crippen molar-refractivity contribution in [2.24, 2.45) is 0 Å². The Morgan fingerprint density at radius 3 is 2.82 bits per heavy atom. The van der Waals surface area contributed by atoms with Crippen LogP contribution in [0.2, 0.25) is 0 Å². The molecular weight excluding hydrogens is 282 g/mol. The van der Waals surface area contributed by atoms with Gasteiger partial charge in [-0.15, -0.1) is 5.10 Å². The van der Waals surface area contributed by atoms with Crippen LogP contribution < -0.4 is 5.32 Å². The van der Waals surface area contributed by atoms with Gasteiger partial charge in [0.1, 0.15) is 0 Å². The number of carbonyl (C=O) groups excluding carboxylic acids is 2. The zero-order valence-corrected chi connectivity index (χ0v) is 12.1. The number of carbonyl (C=O) groups is 2. The van der Waals surface area contributed by atoms with Crippen LogP contribution in [-0.4, -0.2) is 51.3 Å². The number of nitrogens with zero attached hydrogens (tertiary/aromatic N) is 4. The minimum Gasteiger partial charge on any atom is -0.343 e. The van der Waals surface area contributed by atoms with Crippen LogP contribution in [0, 0.1) is 0 Å². The van der Waals surface area contributed by atoms with E-state index >= 15 is 0 Å². The van der Waals surface area contributed by atoms with Gasteiger partial charge in [0.15, 0.2) is 0 Å². The van der Waals surface area contributed by atoms with E-state index in [-0.39, 0.29) is 24.4 Å². The molecular formula is C15H17N5O2. The average molecular weight is 299 g/mol. The number of hydrogen-bond acceptors (Lipinski definition) is 4. The molecule has 7 nitrogen and oxygen atoms in total. The van der Waals surface area contributed by atoms with Crippen LogP contribution in [0.5, 0.6) is 0 Å². The fraction of sp³-hybridized carbons (Fsp3) is 0.333. The molecule has 1 saturated heterocycles. The van der Waals surface area contributed by atoms with Crippen LogP contribution in [0.1, 0.15) is 22.8 Å². The maximum Gasteiger partial charge on any atom is 0.251 e. The summed E-state index contributed by atoms with van der Waals surface area (Å²) >= 11 is 0. The maximum atomic E-state index is 12.2. The third-order valence-corrected chi connectivity index (χ3v) is 3.77. The van der Waals surface area contributed by atoms with Crippen LogP contribution in [0.15, 0.2) is 42.7 Å². The first kappa shape index (κ1) is 14.2. The molecule has 2 aromatic rings. The molecule has 22 heavy (non-hydrogen) atoms. The maximum absolute atomic E-state index is 12.2. The molecule has 1 aromatic heterocycles. The minimum atomic E-state index is -0.235. The van der Waals surface area contributed by atoms with Crippen molar-refractivity contribution in [3.63, 3.8) is 0 Å². The summed E-state index contributed by atoms with van der Waals surface area (Å²) in [6.45, 7) is 1.28. The summed E-state index contributed by atoms with van der Waals surface area (Å²) in [4.78, 5) is 25.8. The Bertz CT molecular complexity index is 641. The predicted molar refractivity (Wildman–Crippen MR) is 79.0 cm³/mol. The van der Waals surface area contributed by atoms with Gasteiger partial charge in [-0.05, 0) is 18.6 Å². The number of aromatic nitrogens is 3. The van der Waals surface area contributed by atoms with Crippen molar-refractivity contribution in [2.45, 2.75) is 12.5 Å². The molecule has 3 rings (SSSR count). The molecule has 0 radical (unpaired) electrons. The van der Waals surface area contributed by atoms with E-state index in [1.807, 2.05) is 6.07 Å². The van der Waals surface area contributed by atoms with Crippen molar-refractivity contribution in [2.75, 3.05) is 19.6 Å². The molecule has 7 heteroatoms. The Labute approximate surface area is 127 Å². The van der Waals surface area contributed by atoms with Gasteiger partial charge in [0, 0.05) is 24.8 Å². The van der Waals surface area contributed by atoms with Crippen LogP contribution in [0.25, 0.3) is 0 Å². The molecule has 1 unspecified atom stereocenters. The van der Waals surface area contributed by atoms with Crippen molar-refractivity contribution in [1.82, 2.24) is 25.2 Å². The van der Waals surface area contributed by atoms with Crippen LogP contribution in [-0.2, 0) is 4.79 Å². The molecule has 1 aromatic carbocycles. The Morgan fingerprint density at radius 2 is 2.09 bits per heavy atom. The van der Waals surface area contributed by atoms with E-state index < -0.39 is 0 Å². The van der Waals surface area contributed by atoms with Gasteiger partial charge in [0.05, 0.1) is 18.8 Å². The summed E-state index contributed by atoms with van der Waals surface area (Å²) in [6, 6.07) is 9.03. The highest BCUT2D eigenvalue weighted by atomic mass is 16.2. The first-order valence-electron chi connectivity index (χ1n) is 7.21. The lowest BCUT2D eigenvalue weighted by Crippen LogP contribution is -2.39. The van der Waals surface area contributed by atoms with Crippen LogP contribution >= 0.6 is 0 Å². The Hall–Kier alpha value is -2.70. The van der Waals surface area contributed by atoms with E-state index in [9.17, 15) is 9.59 Å². The summed E-state index contributed by atoms with van der Waals surface area (Å²) in [7, 11) is 0. The molecule has 1 fully saturated rings. The second kappa shape index (κ2) is 6.38. The first-order chi connectivity index (χ1) is 10.7. The standard InChI is InChI=1S/C15H17N5O2/c21-14(10-16-15(22)12-4-2-1-3-5-12)19-8-6-13(11-19)20-9-7-17-18-20/h1-5,7,9,13H,6,8,10-11H2,(H,16,22). The molecule has 114 valence electrons. The first-order valence-corrected chi connectivity index (χ1v) is 7.21. The second-order valence-electron chi connectivity index (χ2n) is 5.21. The molecule has 0 spiro atoms. The quantitative estimate of drug-likeness (QED) is 0.890. The van der Waals surface area contributed by atoms with E-state index in [0.29, 0.717) is 18.7 Å². The van der Waals surface area contributed by atoms with Gasteiger partial charge in [0.2, 0.25) is 5.91 Å². The number of hydrogen-bond donors (Lipinski definition) is 1. The van der Waals surface area contributed by atoms with Crippen molar-refractivity contribution in [1.29, 1.82) is 0 Å². The molecule has 0 saturated carbocycles. The molecule has 1 aliphatic heterocycles. The molecule has 0 bridgehead atoms. The topological polar surface area (TPSA) is 80.1 Å². The highest BCUT2D eigenvalue weighted by Crippen LogP contribution is 2.19. The lowest BCUT2D eigenvalue weighted by atomic mass is 10.2. The molecule has 2 amide bonds. The van der Waals surface area contributed by atoms with E-state index in [2.05, 4.69) is 15.6 Å². The number of amides is 2. The van der Waals surface area contributed by atoms with E-state index in [1.54, 1.807) is 46.2 Å². The van der Waals surface area contributed by atoms with Crippen molar-refractivity contribution in [3.05, 3.63) is 48.3 Å². The molecule has 1 aliphatic rings. The van der Waals surface area contributed by atoms with Crippen molar-refractivity contribution < 1.29 is 9.59 Å². The van der Waals surface area contributed by atoms with E-state index in [4.69, 9.17) is 0 Å². The number of nitrogens with one attached hydrogen (secondary N) is 1. The molecule has 1 atom stereocenters. The predicted octanol–water partition coefficient (Wildman–Crippen LogP) is 0.481. The van der Waals surface area contributed by atoms with E-state index in [0.717, 1.165) is 6.42 Å². The van der Waals surface area contributed by atoms with Crippen LogP contribution in [0.3, 0.4) is 0 Å². The monoisotopic (exact) mass is 299 g/mol. The lowest BCUT2D eigenvalue weighted by Gasteiger charge is -2.16. The van der Waals surface area contributed by atoms with Crippen molar-refractivity contribution in [3.8, 4) is 0 Å². The van der Waals surface area contributed by atoms with Gasteiger partial charge < -0.3 is 10.2 Å². The van der Waals surface area contributed by atoms with Gasteiger partial charge in [-0.25, -0.2) is 4.68 Å². The van der Waals surface area contributed by atoms with Gasteiger partial charge in [-0.2, -0.15) is 0 Å². The highest BCUT2D eigenvalue weighted by molar-refractivity contribution is 5.96. The zero-order chi connectivity index (χ0) is 15.4. The number of rotatable bonds is 4. The lowest BCUT2D eigenvalue weighted by molar-refractivity contribution is -0.129. The Balaban J connectivity index is 1.50. The summed E-state index contributed by atoms with van der Waals surface area (Å²) in [5, 5.41) is 10.4. The van der Waals surface area contributed by atoms with Gasteiger partial charge >= 0.3 is 0 Å². The van der Waals surface area contributed by atoms with Gasteiger partial charge in [-0.3, -0.25) is 9.59 Å². The van der Waals surface area contributed by atoms with Gasteiger partial charge in [0.25, 0.3) is 5.91 Å². The smallest absolute Gasteiger partial charge is 0.251 e. The second-order valence-corrected chi connectivity index (χ2v) is 5.21. The largest absolute Gasteiger partial charge is 0.343 e. The normalized spacial score (nSPS) is 17.5. The summed E-state index contributed by atoms with van der Waals surface area (Å²) in [5.74, 6) is -0.312. The Kier molecular flexibility index (Phi) is 4.13. The number of benzene rings is 1. The summed E-state index contributed by atoms with van der Waals surface area (Å²) in [5.41, 5.74) is 0.553. The zero-order valence-electron chi connectivity index (χ0n) is 12.1. The number of likely N-dealkylation sites (tertiary alicyclic amines) is 1. The minimum absolute atomic E-state index is 0.0117. The fourth-order valence-electron chi connectivity index (χ4n) is 2.56. The van der Waals surface area contributed by atoms with Gasteiger partial charge in [-0.1, -0.05) is 23.4 Å². The average Bonchev–Trinajstić information content (AvgIpc) is 3.23. The summed E-state index contributed by atoms with van der Waals surface area (Å²) in [6.07, 6.45) is 4.28. The van der Waals surface area contributed by atoms with Crippen molar-refractivity contribution >= 4 is 11.8 Å². The fourth-order valence-corrected chi connectivity index (χ4v) is 2.56. The van der Waals surface area contributed by atoms with E-state index in [1.165, 1.54) is 0 Å². The highest BCUT2D eigenvalue weighted by Gasteiger charge is 2.27.